The number of amides is 1. The van der Waals surface area contributed by atoms with Crippen LogP contribution in [0.2, 0.25) is 0 Å². The number of tetrazole rings is 1. The van der Waals surface area contributed by atoms with Gasteiger partial charge < -0.3 is 10.3 Å². The number of carbonyl (C=O) groups is 1. The smallest absolute Gasteiger partial charge is 0.218 e. The summed E-state index contributed by atoms with van der Waals surface area (Å²) in [5.41, 5.74) is 10.3. The van der Waals surface area contributed by atoms with Gasteiger partial charge in [0.2, 0.25) is 11.7 Å². The lowest BCUT2D eigenvalue weighted by Gasteiger charge is -2.17. The second-order valence-corrected chi connectivity index (χ2v) is 7.48. The molecule has 4 aromatic rings. The molecule has 0 saturated heterocycles. The lowest BCUT2D eigenvalue weighted by Crippen LogP contribution is -2.17. The molecule has 2 aromatic carbocycles. The molecule has 2 heterocycles. The van der Waals surface area contributed by atoms with Crippen molar-refractivity contribution in [2.75, 3.05) is 0 Å². The average Bonchev–Trinajstić information content (AvgIpc) is 3.37. The summed E-state index contributed by atoms with van der Waals surface area (Å²) in [7, 11) is 0. The summed E-state index contributed by atoms with van der Waals surface area (Å²) >= 11 is 0. The van der Waals surface area contributed by atoms with E-state index in [1.54, 1.807) is 6.07 Å². The van der Waals surface area contributed by atoms with Gasteiger partial charge in [-0.25, -0.2) is 4.39 Å². The van der Waals surface area contributed by atoms with Gasteiger partial charge in [-0.05, 0) is 66.3 Å². The van der Waals surface area contributed by atoms with Crippen molar-refractivity contribution in [3.8, 4) is 22.5 Å². The van der Waals surface area contributed by atoms with E-state index in [1.807, 2.05) is 38.1 Å². The highest BCUT2D eigenvalue weighted by molar-refractivity contribution is 5.75. The van der Waals surface area contributed by atoms with Crippen molar-refractivity contribution in [2.45, 2.75) is 32.6 Å². The number of benzene rings is 2. The predicted molar refractivity (Wildman–Crippen MR) is 111 cm³/mol. The Morgan fingerprint density at radius 1 is 1.19 bits per heavy atom. The summed E-state index contributed by atoms with van der Waals surface area (Å²) in [6, 6.07) is 12.4. The third-order valence-corrected chi connectivity index (χ3v) is 5.17. The van der Waals surface area contributed by atoms with E-state index >= 15 is 0 Å². The first kappa shape index (κ1) is 20.4. The number of aryl methyl sites for hydroxylation is 2. The third kappa shape index (κ3) is 4.50. The van der Waals surface area contributed by atoms with Crippen LogP contribution in [0, 0.1) is 19.7 Å². The molecule has 0 aliphatic heterocycles. The van der Waals surface area contributed by atoms with Crippen LogP contribution in [0.1, 0.15) is 34.9 Å². The van der Waals surface area contributed by atoms with Gasteiger partial charge in [0.15, 0.2) is 0 Å². The Hall–Kier alpha value is -3.88. The zero-order chi connectivity index (χ0) is 22.0. The van der Waals surface area contributed by atoms with E-state index in [4.69, 9.17) is 10.3 Å². The molecule has 0 spiro atoms. The molecule has 0 aliphatic rings. The number of rotatable bonds is 7. The first-order chi connectivity index (χ1) is 14.9. The fourth-order valence-corrected chi connectivity index (χ4v) is 3.85. The minimum absolute atomic E-state index is 0.0741. The highest BCUT2D eigenvalue weighted by atomic mass is 19.1. The predicted octanol–water partition coefficient (Wildman–Crippen LogP) is 3.48. The number of primary amides is 1. The second-order valence-electron chi connectivity index (χ2n) is 7.48. The zero-order valence-corrected chi connectivity index (χ0v) is 17.1. The summed E-state index contributed by atoms with van der Waals surface area (Å²) in [5.74, 6) is -0.218. The molecule has 8 nitrogen and oxygen atoms in total. The van der Waals surface area contributed by atoms with Crippen LogP contribution in [0.25, 0.3) is 22.5 Å². The molecule has 158 valence electrons. The normalized spacial score (nSPS) is 12.1. The molecule has 2 aromatic heterocycles. The van der Waals surface area contributed by atoms with E-state index in [0.717, 1.165) is 28.1 Å². The lowest BCUT2D eigenvalue weighted by atomic mass is 9.87. The first-order valence-corrected chi connectivity index (χ1v) is 9.75. The molecule has 1 atom stereocenters. The summed E-state index contributed by atoms with van der Waals surface area (Å²) < 4.78 is 19.7. The van der Waals surface area contributed by atoms with Gasteiger partial charge in [-0.15, -0.1) is 10.2 Å². The standard InChI is InChI=1S/C22H21FN6O2/c1-12-21(13(2)31-27-12)15-5-3-4-14(6-15)7-16(11-20(24)30)17-8-18(10-19(23)9-17)22-25-28-29-26-22/h3-6,8-10,16H,7,11H2,1-2H3,(H2,24,30)(H,25,26,28,29). The Bertz CT molecular complexity index is 1200. The van der Waals surface area contributed by atoms with Gasteiger partial charge >= 0.3 is 0 Å². The maximum atomic E-state index is 14.4. The number of hydrogen-bond donors (Lipinski definition) is 2. The molecule has 3 N–H and O–H groups in total. The van der Waals surface area contributed by atoms with E-state index < -0.39 is 11.7 Å². The second kappa shape index (κ2) is 8.47. The van der Waals surface area contributed by atoms with Gasteiger partial charge in [0.25, 0.3) is 0 Å². The van der Waals surface area contributed by atoms with Crippen molar-refractivity contribution < 1.29 is 13.7 Å². The van der Waals surface area contributed by atoms with Gasteiger partial charge in [0.05, 0.1) is 5.69 Å². The van der Waals surface area contributed by atoms with E-state index in [0.29, 0.717) is 17.5 Å². The Morgan fingerprint density at radius 3 is 2.71 bits per heavy atom. The van der Waals surface area contributed by atoms with Crippen LogP contribution in [0.4, 0.5) is 4.39 Å². The SMILES string of the molecule is Cc1noc(C)c1-c1cccc(CC(CC(N)=O)c2cc(F)cc(-c3nn[nH]n3)c2)c1. The van der Waals surface area contributed by atoms with E-state index in [2.05, 4.69) is 25.8 Å². The maximum absolute atomic E-state index is 14.4. The molecule has 31 heavy (non-hydrogen) atoms. The molecule has 4 rings (SSSR count). The Balaban J connectivity index is 1.69. The molecule has 0 bridgehead atoms. The van der Waals surface area contributed by atoms with E-state index in [1.165, 1.54) is 12.1 Å². The summed E-state index contributed by atoms with van der Waals surface area (Å²) in [6.45, 7) is 3.75. The van der Waals surface area contributed by atoms with E-state index in [9.17, 15) is 9.18 Å². The highest BCUT2D eigenvalue weighted by Gasteiger charge is 2.19. The summed E-state index contributed by atoms with van der Waals surface area (Å²) in [5, 5.41) is 17.7. The largest absolute Gasteiger partial charge is 0.370 e. The van der Waals surface area contributed by atoms with Gasteiger partial charge in [-0.2, -0.15) is 5.21 Å². The van der Waals surface area contributed by atoms with Crippen molar-refractivity contribution in [1.82, 2.24) is 25.8 Å². The highest BCUT2D eigenvalue weighted by Crippen LogP contribution is 2.31. The van der Waals surface area contributed by atoms with Crippen molar-refractivity contribution in [1.29, 1.82) is 0 Å². The molecular formula is C22H21FN6O2. The lowest BCUT2D eigenvalue weighted by molar-refractivity contribution is -0.118. The van der Waals surface area contributed by atoms with Gasteiger partial charge in [-0.3, -0.25) is 4.79 Å². The number of halogens is 1. The zero-order valence-electron chi connectivity index (χ0n) is 17.1. The number of aromatic nitrogens is 5. The van der Waals surface area contributed by atoms with Gasteiger partial charge in [0.1, 0.15) is 11.6 Å². The molecule has 0 aliphatic carbocycles. The van der Waals surface area contributed by atoms with Crippen LogP contribution >= 0.6 is 0 Å². The van der Waals surface area contributed by atoms with Gasteiger partial charge in [-0.1, -0.05) is 29.4 Å². The molecule has 0 fully saturated rings. The minimum Gasteiger partial charge on any atom is -0.370 e. The Morgan fingerprint density at radius 2 is 2.03 bits per heavy atom. The number of nitrogens with two attached hydrogens (primary N) is 1. The van der Waals surface area contributed by atoms with Crippen LogP contribution in [0.5, 0.6) is 0 Å². The minimum atomic E-state index is -0.461. The Kier molecular flexibility index (Phi) is 5.57. The fourth-order valence-electron chi connectivity index (χ4n) is 3.85. The van der Waals surface area contributed by atoms with Crippen molar-refractivity contribution in [3.05, 3.63) is 70.9 Å². The molecular weight excluding hydrogens is 399 g/mol. The number of hydrogen-bond acceptors (Lipinski definition) is 6. The quantitative estimate of drug-likeness (QED) is 0.472. The summed E-state index contributed by atoms with van der Waals surface area (Å²) in [4.78, 5) is 11.8. The number of nitrogens with one attached hydrogen (secondary N) is 1. The number of aromatic amines is 1. The molecule has 1 unspecified atom stereocenters. The molecule has 9 heteroatoms. The Labute approximate surface area is 177 Å². The fraction of sp³-hybridized carbons (Fsp3) is 0.227. The van der Waals surface area contributed by atoms with Gasteiger partial charge in [0, 0.05) is 17.5 Å². The maximum Gasteiger partial charge on any atom is 0.218 e. The van der Waals surface area contributed by atoms with Crippen molar-refractivity contribution >= 4 is 5.91 Å². The van der Waals surface area contributed by atoms with Crippen LogP contribution in [-0.4, -0.2) is 31.7 Å². The number of H-pyrrole nitrogens is 1. The number of nitrogens with zero attached hydrogens (tertiary/aromatic N) is 4. The number of carbonyl (C=O) groups excluding carboxylic acids is 1. The van der Waals surface area contributed by atoms with Crippen LogP contribution in [-0.2, 0) is 11.2 Å². The van der Waals surface area contributed by atoms with Crippen LogP contribution in [0.3, 0.4) is 0 Å². The summed E-state index contributed by atoms with van der Waals surface area (Å²) in [6.07, 6.45) is 0.569. The molecule has 1 amide bonds. The van der Waals surface area contributed by atoms with Crippen LogP contribution < -0.4 is 5.73 Å². The molecule has 0 saturated carbocycles. The van der Waals surface area contributed by atoms with Crippen molar-refractivity contribution in [2.24, 2.45) is 5.73 Å². The van der Waals surface area contributed by atoms with Crippen molar-refractivity contribution in [3.63, 3.8) is 0 Å². The topological polar surface area (TPSA) is 124 Å². The average molecular weight is 420 g/mol. The first-order valence-electron chi connectivity index (χ1n) is 9.75. The molecule has 0 radical (unpaired) electrons. The van der Waals surface area contributed by atoms with Crippen LogP contribution in [0.15, 0.2) is 47.0 Å². The third-order valence-electron chi connectivity index (χ3n) is 5.17. The monoisotopic (exact) mass is 420 g/mol. The van der Waals surface area contributed by atoms with E-state index in [-0.39, 0.29) is 18.2 Å².